The van der Waals surface area contributed by atoms with Gasteiger partial charge in [0.25, 0.3) is 0 Å². The maximum atomic E-state index is 14.4. The summed E-state index contributed by atoms with van der Waals surface area (Å²) in [6, 6.07) is 3.56. The minimum absolute atomic E-state index is 0.290. The van der Waals surface area contributed by atoms with Gasteiger partial charge < -0.3 is 5.11 Å². The van der Waals surface area contributed by atoms with Crippen LogP contribution in [-0.4, -0.2) is 5.11 Å². The van der Waals surface area contributed by atoms with Crippen LogP contribution in [0.4, 0.5) is 30.7 Å². The predicted octanol–water partition coefficient (Wildman–Crippen LogP) is 6.03. The minimum atomic E-state index is -1.44. The molecule has 0 atom stereocenters. The van der Waals surface area contributed by atoms with Crippen LogP contribution in [0.15, 0.2) is 36.4 Å². The maximum absolute atomic E-state index is 14.4. The van der Waals surface area contributed by atoms with Gasteiger partial charge in [0.1, 0.15) is 29.9 Å². The number of phenolic OH excluding ortho intramolecular Hbond substituents is 1. The molecule has 1 nitrogen and oxygen atoms in total. The van der Waals surface area contributed by atoms with E-state index in [1.165, 1.54) is 0 Å². The first-order valence-electron chi connectivity index (χ1n) is 7.44. The molecule has 0 aliphatic rings. The Labute approximate surface area is 148 Å². The summed E-state index contributed by atoms with van der Waals surface area (Å²) in [7, 11) is 0. The third-order valence-electron chi connectivity index (χ3n) is 3.89. The molecule has 0 saturated carbocycles. The Morgan fingerprint density at radius 2 is 0.889 bits per heavy atom. The van der Waals surface area contributed by atoms with Crippen LogP contribution in [0.5, 0.6) is 5.75 Å². The third kappa shape index (κ3) is 3.34. The SMILES string of the molecule is Oc1c(F)cc(-c2c(F)cc(-c3c(F)cc(CF)cc3F)cc2F)cc1F. The van der Waals surface area contributed by atoms with E-state index in [-0.39, 0.29) is 5.56 Å². The summed E-state index contributed by atoms with van der Waals surface area (Å²) < 4.78 is 96.3. The van der Waals surface area contributed by atoms with Crippen LogP contribution in [0, 0.1) is 34.9 Å². The highest BCUT2D eigenvalue weighted by molar-refractivity contribution is 5.73. The van der Waals surface area contributed by atoms with Crippen molar-refractivity contribution in [1.29, 1.82) is 0 Å². The van der Waals surface area contributed by atoms with Gasteiger partial charge >= 0.3 is 0 Å². The summed E-state index contributed by atoms with van der Waals surface area (Å²) in [5.74, 6) is -9.33. The van der Waals surface area contributed by atoms with Gasteiger partial charge in [-0.05, 0) is 53.1 Å². The molecule has 0 heterocycles. The quantitative estimate of drug-likeness (QED) is 0.545. The largest absolute Gasteiger partial charge is 0.503 e. The van der Waals surface area contributed by atoms with E-state index >= 15 is 0 Å². The second-order valence-corrected chi connectivity index (χ2v) is 5.67. The first kappa shape index (κ1) is 18.8. The average Bonchev–Trinajstić information content (AvgIpc) is 2.58. The molecule has 3 aromatic rings. The molecule has 8 heteroatoms. The van der Waals surface area contributed by atoms with E-state index in [1.807, 2.05) is 0 Å². The second kappa shape index (κ2) is 6.94. The molecule has 3 aromatic carbocycles. The summed E-state index contributed by atoms with van der Waals surface area (Å²) in [4.78, 5) is 0. The molecule has 0 fully saturated rings. The summed E-state index contributed by atoms with van der Waals surface area (Å²) in [6.07, 6.45) is 0. The fraction of sp³-hybridized carbons (Fsp3) is 0.0526. The molecule has 0 unspecified atom stereocenters. The standard InChI is InChI=1S/C19H9F7O/c20-7-8-1-11(21)17(12(22)2-8)9-3-13(23)18(14(24)4-9)10-5-15(25)19(27)16(26)6-10/h1-6,27H,7H2. The average molecular weight is 386 g/mol. The van der Waals surface area contributed by atoms with Crippen LogP contribution in [0.2, 0.25) is 0 Å². The van der Waals surface area contributed by atoms with E-state index < -0.39 is 69.6 Å². The van der Waals surface area contributed by atoms with Gasteiger partial charge in [-0.25, -0.2) is 30.7 Å². The number of benzene rings is 3. The molecular weight excluding hydrogens is 377 g/mol. The molecule has 0 saturated heterocycles. The molecule has 0 aliphatic carbocycles. The molecule has 1 N–H and O–H groups in total. The van der Waals surface area contributed by atoms with Gasteiger partial charge in [0.15, 0.2) is 17.4 Å². The number of hydrogen-bond acceptors (Lipinski definition) is 1. The van der Waals surface area contributed by atoms with Crippen LogP contribution in [0.3, 0.4) is 0 Å². The fourth-order valence-electron chi connectivity index (χ4n) is 2.68. The van der Waals surface area contributed by atoms with E-state index in [0.29, 0.717) is 36.4 Å². The molecule has 27 heavy (non-hydrogen) atoms. The van der Waals surface area contributed by atoms with Crippen molar-refractivity contribution in [1.82, 2.24) is 0 Å². The minimum Gasteiger partial charge on any atom is -0.503 e. The molecule has 0 amide bonds. The van der Waals surface area contributed by atoms with Gasteiger partial charge in [-0.3, -0.25) is 0 Å². The van der Waals surface area contributed by atoms with Crippen molar-refractivity contribution in [3.05, 3.63) is 76.9 Å². The number of alkyl halides is 1. The van der Waals surface area contributed by atoms with Crippen molar-refractivity contribution in [2.45, 2.75) is 6.67 Å². The molecule has 0 aromatic heterocycles. The highest BCUT2D eigenvalue weighted by Gasteiger charge is 2.21. The van der Waals surface area contributed by atoms with Crippen LogP contribution in [-0.2, 0) is 6.67 Å². The topological polar surface area (TPSA) is 20.2 Å². The van der Waals surface area contributed by atoms with Crippen LogP contribution < -0.4 is 0 Å². The third-order valence-corrected chi connectivity index (χ3v) is 3.89. The van der Waals surface area contributed by atoms with Crippen molar-refractivity contribution in [2.75, 3.05) is 0 Å². The maximum Gasteiger partial charge on any atom is 0.187 e. The van der Waals surface area contributed by atoms with Crippen molar-refractivity contribution in [2.24, 2.45) is 0 Å². The smallest absolute Gasteiger partial charge is 0.187 e. The Kier molecular flexibility index (Phi) is 4.82. The van der Waals surface area contributed by atoms with Gasteiger partial charge in [0, 0.05) is 0 Å². The van der Waals surface area contributed by atoms with Gasteiger partial charge in [0.05, 0.1) is 11.1 Å². The van der Waals surface area contributed by atoms with E-state index in [4.69, 9.17) is 5.11 Å². The molecule has 0 aliphatic heterocycles. The van der Waals surface area contributed by atoms with Crippen molar-refractivity contribution >= 4 is 0 Å². The normalized spacial score (nSPS) is 11.1. The highest BCUT2D eigenvalue weighted by Crippen LogP contribution is 2.35. The zero-order valence-electron chi connectivity index (χ0n) is 13.3. The molecular formula is C19H9F7O. The van der Waals surface area contributed by atoms with Gasteiger partial charge in [-0.2, -0.15) is 0 Å². The number of halogens is 7. The Morgan fingerprint density at radius 3 is 1.26 bits per heavy atom. The van der Waals surface area contributed by atoms with Gasteiger partial charge in [-0.1, -0.05) is 0 Å². The molecule has 0 bridgehead atoms. The lowest BCUT2D eigenvalue weighted by Crippen LogP contribution is -1.98. The Hall–Kier alpha value is -3.03. The molecule has 3 rings (SSSR count). The first-order valence-corrected chi connectivity index (χ1v) is 7.44. The van der Waals surface area contributed by atoms with Gasteiger partial charge in [-0.15, -0.1) is 0 Å². The Morgan fingerprint density at radius 1 is 0.556 bits per heavy atom. The van der Waals surface area contributed by atoms with Crippen LogP contribution >= 0.6 is 0 Å². The molecule has 140 valence electrons. The Balaban J connectivity index is 2.17. The van der Waals surface area contributed by atoms with Crippen molar-refractivity contribution < 1.29 is 35.8 Å². The Bertz CT molecular complexity index is 977. The van der Waals surface area contributed by atoms with Crippen molar-refractivity contribution in [3.8, 4) is 28.0 Å². The van der Waals surface area contributed by atoms with Gasteiger partial charge in [0.2, 0.25) is 0 Å². The second-order valence-electron chi connectivity index (χ2n) is 5.67. The molecule has 0 spiro atoms. The summed E-state index contributed by atoms with van der Waals surface area (Å²) in [6.45, 7) is -1.13. The van der Waals surface area contributed by atoms with Crippen LogP contribution in [0.25, 0.3) is 22.3 Å². The zero-order chi connectivity index (χ0) is 19.9. The lowest BCUT2D eigenvalue weighted by atomic mass is 9.97. The monoisotopic (exact) mass is 386 g/mol. The number of aromatic hydroxyl groups is 1. The van der Waals surface area contributed by atoms with E-state index in [9.17, 15) is 30.7 Å². The zero-order valence-corrected chi connectivity index (χ0v) is 13.3. The fourth-order valence-corrected chi connectivity index (χ4v) is 2.68. The summed E-state index contributed by atoms with van der Waals surface area (Å²) in [5.41, 5.74) is -2.99. The lowest BCUT2D eigenvalue weighted by molar-refractivity contribution is 0.396. The predicted molar refractivity (Wildman–Crippen MR) is 83.5 cm³/mol. The van der Waals surface area contributed by atoms with Crippen molar-refractivity contribution in [3.63, 3.8) is 0 Å². The van der Waals surface area contributed by atoms with E-state index in [0.717, 1.165) is 0 Å². The number of hydrogen-bond donors (Lipinski definition) is 1. The summed E-state index contributed by atoms with van der Waals surface area (Å²) in [5, 5.41) is 9.07. The lowest BCUT2D eigenvalue weighted by Gasteiger charge is -2.11. The first-order chi connectivity index (χ1) is 12.7. The number of rotatable bonds is 3. The van der Waals surface area contributed by atoms with E-state index in [2.05, 4.69) is 0 Å². The van der Waals surface area contributed by atoms with Crippen LogP contribution in [0.1, 0.15) is 5.56 Å². The highest BCUT2D eigenvalue weighted by atomic mass is 19.2. The molecule has 0 radical (unpaired) electrons. The van der Waals surface area contributed by atoms with E-state index in [1.54, 1.807) is 0 Å². The number of phenols is 1. The summed E-state index contributed by atoms with van der Waals surface area (Å²) >= 11 is 0.